The topological polar surface area (TPSA) is 78.0 Å². The van der Waals surface area contributed by atoms with Crippen LogP contribution < -0.4 is 10.6 Å². The first kappa shape index (κ1) is 18.2. The summed E-state index contributed by atoms with van der Waals surface area (Å²) in [5.41, 5.74) is 3.25. The number of nitrogens with one attached hydrogen (secondary N) is 3. The third-order valence-corrected chi connectivity index (χ3v) is 4.26. The van der Waals surface area contributed by atoms with Crippen LogP contribution in [0.25, 0.3) is 11.0 Å². The number of H-pyrrole nitrogens is 1. The molecule has 26 heavy (non-hydrogen) atoms. The zero-order valence-corrected chi connectivity index (χ0v) is 15.6. The molecular weight excluding hydrogens is 348 g/mol. The van der Waals surface area contributed by atoms with Crippen LogP contribution in [0.2, 0.25) is 5.15 Å². The Kier molecular flexibility index (Phi) is 6.44. The molecule has 0 atom stereocenters. The Labute approximate surface area is 158 Å². The number of guanidine groups is 1. The summed E-state index contributed by atoms with van der Waals surface area (Å²) in [7, 11) is 1.78. The van der Waals surface area contributed by atoms with E-state index in [1.165, 1.54) is 0 Å². The normalized spacial score (nSPS) is 11.7. The lowest BCUT2D eigenvalue weighted by molar-refractivity contribution is 0.724. The molecule has 7 heteroatoms. The van der Waals surface area contributed by atoms with Gasteiger partial charge in [-0.2, -0.15) is 0 Å². The molecule has 0 aliphatic heterocycles. The minimum Gasteiger partial charge on any atom is -0.356 e. The van der Waals surface area contributed by atoms with Crippen LogP contribution in [0, 0.1) is 0 Å². The Bertz CT molecular complexity index is 823. The number of hydrogen-bond acceptors (Lipinski definition) is 3. The van der Waals surface area contributed by atoms with Gasteiger partial charge in [-0.3, -0.25) is 4.99 Å². The first-order valence-corrected chi connectivity index (χ1v) is 9.11. The molecular formula is C19H23ClN6. The zero-order valence-electron chi connectivity index (χ0n) is 14.8. The molecule has 3 aromatic rings. The molecule has 2 heterocycles. The lowest BCUT2D eigenvalue weighted by atomic mass is 10.2. The van der Waals surface area contributed by atoms with Crippen molar-refractivity contribution in [2.75, 3.05) is 20.1 Å². The number of para-hydroxylation sites is 2. The Morgan fingerprint density at radius 2 is 1.96 bits per heavy atom. The van der Waals surface area contributed by atoms with Gasteiger partial charge in [0.25, 0.3) is 0 Å². The number of imidazole rings is 1. The summed E-state index contributed by atoms with van der Waals surface area (Å²) < 4.78 is 0. The van der Waals surface area contributed by atoms with E-state index < -0.39 is 0 Å². The fourth-order valence-electron chi connectivity index (χ4n) is 2.69. The highest BCUT2D eigenvalue weighted by atomic mass is 35.5. The first-order valence-electron chi connectivity index (χ1n) is 8.73. The van der Waals surface area contributed by atoms with Crippen LogP contribution in [-0.4, -0.2) is 41.0 Å². The van der Waals surface area contributed by atoms with Gasteiger partial charge in [0, 0.05) is 32.8 Å². The van der Waals surface area contributed by atoms with Gasteiger partial charge in [-0.15, -0.1) is 0 Å². The summed E-state index contributed by atoms with van der Waals surface area (Å²) in [6.45, 7) is 1.62. The van der Waals surface area contributed by atoms with Crippen LogP contribution in [0.15, 0.2) is 47.6 Å². The van der Waals surface area contributed by atoms with Gasteiger partial charge in [0.1, 0.15) is 11.0 Å². The van der Waals surface area contributed by atoms with E-state index in [0.717, 1.165) is 60.7 Å². The number of benzene rings is 1. The van der Waals surface area contributed by atoms with Gasteiger partial charge in [-0.05, 0) is 36.6 Å². The number of rotatable bonds is 7. The predicted molar refractivity (Wildman–Crippen MR) is 107 cm³/mol. The molecule has 3 rings (SSSR count). The highest BCUT2D eigenvalue weighted by molar-refractivity contribution is 6.29. The average Bonchev–Trinajstić information content (AvgIpc) is 3.08. The number of fused-ring (bicyclic) bond motifs is 1. The number of nitrogens with zero attached hydrogens (tertiary/aromatic N) is 3. The molecule has 0 unspecified atom stereocenters. The number of aliphatic imine (C=N–C) groups is 1. The molecule has 2 aromatic heterocycles. The van der Waals surface area contributed by atoms with Crippen molar-refractivity contribution in [3.8, 4) is 0 Å². The van der Waals surface area contributed by atoms with E-state index in [0.29, 0.717) is 5.15 Å². The summed E-state index contributed by atoms with van der Waals surface area (Å²) in [6.07, 6.45) is 4.54. The molecule has 3 N–H and O–H groups in total. The zero-order chi connectivity index (χ0) is 18.2. The summed E-state index contributed by atoms with van der Waals surface area (Å²) in [6, 6.07) is 11.9. The van der Waals surface area contributed by atoms with E-state index in [-0.39, 0.29) is 0 Å². The van der Waals surface area contributed by atoms with Crippen LogP contribution in [0.3, 0.4) is 0 Å². The van der Waals surface area contributed by atoms with E-state index >= 15 is 0 Å². The quantitative estimate of drug-likeness (QED) is 0.258. The molecule has 0 spiro atoms. The van der Waals surface area contributed by atoms with Gasteiger partial charge < -0.3 is 15.6 Å². The maximum Gasteiger partial charge on any atom is 0.190 e. The second-order valence-corrected chi connectivity index (χ2v) is 6.36. The molecule has 0 radical (unpaired) electrons. The van der Waals surface area contributed by atoms with Crippen molar-refractivity contribution in [3.63, 3.8) is 0 Å². The van der Waals surface area contributed by atoms with Crippen molar-refractivity contribution in [2.24, 2.45) is 4.99 Å². The number of hydrogen-bond donors (Lipinski definition) is 3. The van der Waals surface area contributed by atoms with Crippen molar-refractivity contribution in [1.82, 2.24) is 25.6 Å². The third-order valence-electron chi connectivity index (χ3n) is 4.04. The number of halogens is 1. The van der Waals surface area contributed by atoms with E-state index in [1.54, 1.807) is 13.2 Å². The largest absolute Gasteiger partial charge is 0.356 e. The number of pyridine rings is 1. The van der Waals surface area contributed by atoms with Crippen molar-refractivity contribution in [2.45, 2.75) is 19.3 Å². The van der Waals surface area contributed by atoms with Crippen LogP contribution in [0.1, 0.15) is 17.8 Å². The van der Waals surface area contributed by atoms with Gasteiger partial charge >= 0.3 is 0 Å². The van der Waals surface area contributed by atoms with Gasteiger partial charge in [0.15, 0.2) is 5.96 Å². The van der Waals surface area contributed by atoms with Crippen LogP contribution >= 0.6 is 11.6 Å². The van der Waals surface area contributed by atoms with Gasteiger partial charge in [0.05, 0.1) is 11.0 Å². The molecule has 0 aliphatic rings. The Morgan fingerprint density at radius 1 is 1.12 bits per heavy atom. The molecule has 0 bridgehead atoms. The number of aryl methyl sites for hydroxylation is 1. The second-order valence-electron chi connectivity index (χ2n) is 5.97. The Morgan fingerprint density at radius 3 is 2.73 bits per heavy atom. The Balaban J connectivity index is 1.36. The summed E-state index contributed by atoms with van der Waals surface area (Å²) in [5.74, 6) is 1.82. The maximum atomic E-state index is 5.79. The summed E-state index contributed by atoms with van der Waals surface area (Å²) >= 11 is 5.79. The minimum absolute atomic E-state index is 0.517. The van der Waals surface area contributed by atoms with E-state index in [1.807, 2.05) is 36.4 Å². The third kappa shape index (κ3) is 5.20. The van der Waals surface area contributed by atoms with E-state index in [2.05, 4.69) is 30.6 Å². The smallest absolute Gasteiger partial charge is 0.190 e. The standard InChI is InChI=1S/C19H23ClN6/c1-21-19(23-12-10-14-8-9-17(20)24-13-14)22-11-4-7-18-25-15-5-2-3-6-16(15)26-18/h2-3,5-6,8-9,13H,4,7,10-12H2,1H3,(H,25,26)(H2,21,22,23). The van der Waals surface area contributed by atoms with Crippen LogP contribution in [-0.2, 0) is 12.8 Å². The number of aromatic nitrogens is 3. The fraction of sp³-hybridized carbons (Fsp3) is 0.316. The van der Waals surface area contributed by atoms with Gasteiger partial charge in [-0.1, -0.05) is 29.8 Å². The lowest BCUT2D eigenvalue weighted by Gasteiger charge is -2.11. The highest BCUT2D eigenvalue weighted by Gasteiger charge is 2.02. The van der Waals surface area contributed by atoms with Crippen molar-refractivity contribution in [3.05, 3.63) is 59.1 Å². The SMILES string of the molecule is CN=C(NCCCc1nc2ccccc2[nH]1)NCCc1ccc(Cl)nc1. The maximum absolute atomic E-state index is 5.79. The highest BCUT2D eigenvalue weighted by Crippen LogP contribution is 2.11. The molecule has 0 fully saturated rings. The van der Waals surface area contributed by atoms with E-state index in [4.69, 9.17) is 11.6 Å². The number of aromatic amines is 1. The molecule has 6 nitrogen and oxygen atoms in total. The molecule has 0 saturated heterocycles. The summed E-state index contributed by atoms with van der Waals surface area (Å²) in [5, 5.41) is 7.15. The average molecular weight is 371 g/mol. The van der Waals surface area contributed by atoms with E-state index in [9.17, 15) is 0 Å². The molecule has 0 saturated carbocycles. The molecule has 0 aliphatic carbocycles. The van der Waals surface area contributed by atoms with Crippen LogP contribution in [0.4, 0.5) is 0 Å². The monoisotopic (exact) mass is 370 g/mol. The van der Waals surface area contributed by atoms with Crippen LogP contribution in [0.5, 0.6) is 0 Å². The van der Waals surface area contributed by atoms with Gasteiger partial charge in [-0.25, -0.2) is 9.97 Å². The molecule has 1 aromatic carbocycles. The predicted octanol–water partition coefficient (Wildman–Crippen LogP) is 2.95. The van der Waals surface area contributed by atoms with Crippen molar-refractivity contribution < 1.29 is 0 Å². The lowest BCUT2D eigenvalue weighted by Crippen LogP contribution is -2.38. The van der Waals surface area contributed by atoms with Crippen molar-refractivity contribution >= 4 is 28.6 Å². The molecule has 136 valence electrons. The fourth-order valence-corrected chi connectivity index (χ4v) is 2.80. The first-order chi connectivity index (χ1) is 12.7. The second kappa shape index (κ2) is 9.20. The molecule has 0 amide bonds. The van der Waals surface area contributed by atoms with Gasteiger partial charge in [0.2, 0.25) is 0 Å². The van der Waals surface area contributed by atoms with Crippen molar-refractivity contribution in [1.29, 1.82) is 0 Å². The minimum atomic E-state index is 0.517. The Hall–Kier alpha value is -2.60. The summed E-state index contributed by atoms with van der Waals surface area (Å²) in [4.78, 5) is 16.3.